The van der Waals surface area contributed by atoms with Crippen molar-refractivity contribution in [3.63, 3.8) is 0 Å². The van der Waals surface area contributed by atoms with E-state index in [9.17, 15) is 0 Å². The molecular weight excluding hydrogens is 215 g/mol. The third kappa shape index (κ3) is 3.04. The van der Waals surface area contributed by atoms with Crippen molar-refractivity contribution in [2.75, 3.05) is 0 Å². The van der Waals surface area contributed by atoms with Gasteiger partial charge in [0, 0.05) is 10.0 Å². The van der Waals surface area contributed by atoms with E-state index in [1.165, 1.54) is 5.57 Å². The quantitative estimate of drug-likeness (QED) is 0.668. The molecule has 2 heteroatoms. The molecule has 0 aliphatic carbocycles. The van der Waals surface area contributed by atoms with Gasteiger partial charge < -0.3 is 0 Å². The van der Waals surface area contributed by atoms with Crippen LogP contribution in [0.25, 0.3) is 5.57 Å². The molecule has 0 aliphatic heterocycles. The second-order valence-electron chi connectivity index (χ2n) is 3.30. The van der Waals surface area contributed by atoms with Crippen LogP contribution in [-0.4, -0.2) is 0 Å². The third-order valence-corrected chi connectivity index (χ3v) is 2.64. The van der Waals surface area contributed by atoms with Crippen molar-refractivity contribution in [1.29, 1.82) is 0 Å². The Kier molecular flexibility index (Phi) is 4.50. The van der Waals surface area contributed by atoms with Crippen molar-refractivity contribution in [3.05, 3.63) is 39.9 Å². The van der Waals surface area contributed by atoms with Crippen LogP contribution in [0.3, 0.4) is 0 Å². The second kappa shape index (κ2) is 5.43. The van der Waals surface area contributed by atoms with Gasteiger partial charge in [-0.25, -0.2) is 0 Å². The zero-order chi connectivity index (χ0) is 10.6. The number of hydrogen-bond acceptors (Lipinski definition) is 0. The van der Waals surface area contributed by atoms with Crippen molar-refractivity contribution in [1.82, 2.24) is 0 Å². The molecule has 0 fully saturated rings. The van der Waals surface area contributed by atoms with Crippen molar-refractivity contribution in [2.24, 2.45) is 0 Å². The number of benzene rings is 1. The molecule has 0 heterocycles. The lowest BCUT2D eigenvalue weighted by molar-refractivity contribution is 0.959. The third-order valence-electron chi connectivity index (χ3n) is 2.10. The summed E-state index contributed by atoms with van der Waals surface area (Å²) in [5, 5.41) is 1.41. The van der Waals surface area contributed by atoms with Gasteiger partial charge in [-0.3, -0.25) is 0 Å². The van der Waals surface area contributed by atoms with Crippen molar-refractivity contribution >= 4 is 28.8 Å². The molecule has 0 N–H and O–H groups in total. The fraction of sp³-hybridized carbons (Fsp3) is 0.333. The van der Waals surface area contributed by atoms with Gasteiger partial charge in [0.25, 0.3) is 0 Å². The van der Waals surface area contributed by atoms with Crippen LogP contribution in [0.2, 0.25) is 10.0 Å². The minimum absolute atomic E-state index is 0.682. The Balaban J connectivity index is 2.95. The molecule has 1 rings (SSSR count). The van der Waals surface area contributed by atoms with Crippen LogP contribution in [0.1, 0.15) is 32.3 Å². The first-order valence-corrected chi connectivity index (χ1v) is 5.53. The van der Waals surface area contributed by atoms with Gasteiger partial charge in [-0.15, -0.1) is 0 Å². The largest absolute Gasteiger partial charge is 0.0843 e. The van der Waals surface area contributed by atoms with E-state index in [2.05, 4.69) is 19.9 Å². The summed E-state index contributed by atoms with van der Waals surface area (Å²) in [6, 6.07) is 5.61. The van der Waals surface area contributed by atoms with Crippen LogP contribution in [0.4, 0.5) is 0 Å². The number of hydrogen-bond donors (Lipinski definition) is 0. The first-order chi connectivity index (χ1) is 6.65. The number of allylic oxidation sites excluding steroid dienone is 2. The fourth-order valence-electron chi connectivity index (χ4n) is 1.28. The molecule has 0 nitrogen and oxygen atoms in total. The molecule has 0 spiro atoms. The lowest BCUT2D eigenvalue weighted by atomic mass is 10.1. The Morgan fingerprint density at radius 3 is 2.64 bits per heavy atom. The Hall–Kier alpha value is -0.460. The van der Waals surface area contributed by atoms with E-state index in [1.807, 2.05) is 12.1 Å². The zero-order valence-corrected chi connectivity index (χ0v) is 9.99. The molecular formula is C12H14Cl2. The minimum atomic E-state index is 0.682. The molecule has 0 radical (unpaired) electrons. The Labute approximate surface area is 95.5 Å². The van der Waals surface area contributed by atoms with Gasteiger partial charge in [-0.1, -0.05) is 48.7 Å². The van der Waals surface area contributed by atoms with Crippen LogP contribution < -0.4 is 0 Å². The summed E-state index contributed by atoms with van der Waals surface area (Å²) in [5.74, 6) is 0. The molecule has 0 aromatic heterocycles. The van der Waals surface area contributed by atoms with E-state index < -0.39 is 0 Å². The van der Waals surface area contributed by atoms with Crippen LogP contribution in [0.5, 0.6) is 0 Å². The van der Waals surface area contributed by atoms with Crippen LogP contribution >= 0.6 is 23.2 Å². The first kappa shape index (κ1) is 11.6. The molecule has 0 bridgehead atoms. The van der Waals surface area contributed by atoms with E-state index in [4.69, 9.17) is 23.2 Å². The number of unbranched alkanes of at least 4 members (excludes halogenated alkanes) is 1. The molecule has 0 saturated carbocycles. The van der Waals surface area contributed by atoms with Gasteiger partial charge in [0.2, 0.25) is 0 Å². The standard InChI is InChI=1S/C12H14Cl2/c1-3-4-5-9(2)11-7-6-10(13)8-12(11)14/h5-8H,3-4H2,1-2H3/b9-5-. The van der Waals surface area contributed by atoms with Gasteiger partial charge in [-0.05, 0) is 36.6 Å². The maximum Gasteiger partial charge on any atom is 0.0495 e. The smallest absolute Gasteiger partial charge is 0.0495 e. The van der Waals surface area contributed by atoms with Gasteiger partial charge in [0.15, 0.2) is 0 Å². The minimum Gasteiger partial charge on any atom is -0.0843 e. The highest BCUT2D eigenvalue weighted by Gasteiger charge is 2.02. The highest BCUT2D eigenvalue weighted by atomic mass is 35.5. The predicted molar refractivity (Wildman–Crippen MR) is 65.0 cm³/mol. The van der Waals surface area contributed by atoms with Gasteiger partial charge in [0.1, 0.15) is 0 Å². The molecule has 1 aromatic carbocycles. The SMILES string of the molecule is CCC/C=C(/C)c1ccc(Cl)cc1Cl. The normalized spacial score (nSPS) is 11.9. The molecule has 1 aromatic rings. The highest BCUT2D eigenvalue weighted by molar-refractivity contribution is 6.35. The summed E-state index contributed by atoms with van der Waals surface area (Å²) in [6.07, 6.45) is 4.45. The molecule has 0 amide bonds. The van der Waals surface area contributed by atoms with Crippen LogP contribution in [0.15, 0.2) is 24.3 Å². The molecule has 14 heavy (non-hydrogen) atoms. The van der Waals surface area contributed by atoms with E-state index in [-0.39, 0.29) is 0 Å². The maximum atomic E-state index is 6.08. The predicted octanol–water partition coefficient (Wildman–Crippen LogP) is 5.20. The monoisotopic (exact) mass is 228 g/mol. The highest BCUT2D eigenvalue weighted by Crippen LogP contribution is 2.26. The number of halogens is 2. The molecule has 0 aliphatic rings. The van der Waals surface area contributed by atoms with Crippen LogP contribution in [0, 0.1) is 0 Å². The topological polar surface area (TPSA) is 0 Å². The Bertz CT molecular complexity index is 340. The van der Waals surface area contributed by atoms with Crippen molar-refractivity contribution in [2.45, 2.75) is 26.7 Å². The van der Waals surface area contributed by atoms with E-state index >= 15 is 0 Å². The summed E-state index contributed by atoms with van der Waals surface area (Å²) in [5.41, 5.74) is 2.29. The molecule has 0 unspecified atom stereocenters. The lowest BCUT2D eigenvalue weighted by Gasteiger charge is -2.04. The summed E-state index contributed by atoms with van der Waals surface area (Å²) < 4.78 is 0. The molecule has 0 atom stereocenters. The van der Waals surface area contributed by atoms with Gasteiger partial charge >= 0.3 is 0 Å². The summed E-state index contributed by atoms with van der Waals surface area (Å²) in [7, 11) is 0. The molecule has 76 valence electrons. The van der Waals surface area contributed by atoms with Crippen molar-refractivity contribution in [3.8, 4) is 0 Å². The summed E-state index contributed by atoms with van der Waals surface area (Å²) in [4.78, 5) is 0. The van der Waals surface area contributed by atoms with E-state index in [0.717, 1.165) is 23.4 Å². The Morgan fingerprint density at radius 2 is 2.07 bits per heavy atom. The van der Waals surface area contributed by atoms with Gasteiger partial charge in [0.05, 0.1) is 0 Å². The lowest BCUT2D eigenvalue weighted by Crippen LogP contribution is -1.81. The summed E-state index contributed by atoms with van der Waals surface area (Å²) >= 11 is 11.9. The van der Waals surface area contributed by atoms with Crippen LogP contribution in [-0.2, 0) is 0 Å². The average molecular weight is 229 g/mol. The fourth-order valence-corrected chi connectivity index (χ4v) is 1.84. The average Bonchev–Trinajstić information content (AvgIpc) is 2.14. The Morgan fingerprint density at radius 1 is 1.36 bits per heavy atom. The molecule has 0 saturated heterocycles. The zero-order valence-electron chi connectivity index (χ0n) is 8.48. The van der Waals surface area contributed by atoms with E-state index in [0.29, 0.717) is 5.02 Å². The van der Waals surface area contributed by atoms with E-state index in [1.54, 1.807) is 6.07 Å². The number of rotatable bonds is 3. The van der Waals surface area contributed by atoms with Gasteiger partial charge in [-0.2, -0.15) is 0 Å². The van der Waals surface area contributed by atoms with Crippen molar-refractivity contribution < 1.29 is 0 Å². The maximum absolute atomic E-state index is 6.08. The summed E-state index contributed by atoms with van der Waals surface area (Å²) in [6.45, 7) is 4.23. The second-order valence-corrected chi connectivity index (χ2v) is 4.14. The first-order valence-electron chi connectivity index (χ1n) is 4.77.